The molecule has 0 unspecified atom stereocenters. The average molecular weight is 501 g/mol. The minimum absolute atomic E-state index is 0.0150. The lowest BCUT2D eigenvalue weighted by molar-refractivity contribution is -0.0566. The van der Waals surface area contributed by atoms with Crippen LogP contribution in [0.4, 0.5) is 4.39 Å². The minimum atomic E-state index is -0.946. The molecule has 1 aromatic carbocycles. The summed E-state index contributed by atoms with van der Waals surface area (Å²) < 4.78 is 22.1. The number of hydrogen-bond acceptors (Lipinski definition) is 9. The lowest BCUT2D eigenvalue weighted by Crippen LogP contribution is -2.42. The van der Waals surface area contributed by atoms with Crippen LogP contribution in [0.25, 0.3) is 5.69 Å². The number of nitrogens with one attached hydrogen (secondary N) is 2. The first-order chi connectivity index (χ1) is 17.1. The summed E-state index contributed by atoms with van der Waals surface area (Å²) in [6.07, 6.45) is 1.20. The van der Waals surface area contributed by atoms with Crippen molar-refractivity contribution in [3.63, 3.8) is 0 Å². The number of carbonyl (C=O) groups excluding carboxylic acids is 2. The molecular weight excluding hydrogens is 477 g/mol. The van der Waals surface area contributed by atoms with Crippen molar-refractivity contribution < 1.29 is 28.9 Å². The van der Waals surface area contributed by atoms with Gasteiger partial charge in [-0.25, -0.2) is 19.0 Å². The molecule has 0 saturated carbocycles. The molecular formula is C22H24FN7O6. The Labute approximate surface area is 203 Å². The first-order valence-electron chi connectivity index (χ1n) is 11.0. The van der Waals surface area contributed by atoms with E-state index in [9.17, 15) is 23.9 Å². The molecule has 3 aromatic rings. The topological polar surface area (TPSA) is 173 Å². The van der Waals surface area contributed by atoms with Crippen molar-refractivity contribution in [2.45, 2.75) is 32.5 Å². The van der Waals surface area contributed by atoms with Crippen LogP contribution in [0.15, 0.2) is 29.3 Å². The zero-order valence-electron chi connectivity index (χ0n) is 19.5. The third-order valence-corrected chi connectivity index (χ3v) is 5.50. The summed E-state index contributed by atoms with van der Waals surface area (Å²) in [5.74, 6) is -2.82. The lowest BCUT2D eigenvalue weighted by Gasteiger charge is -2.32. The van der Waals surface area contributed by atoms with Gasteiger partial charge in [-0.3, -0.25) is 19.0 Å². The fourth-order valence-electron chi connectivity index (χ4n) is 3.72. The summed E-state index contributed by atoms with van der Waals surface area (Å²) in [6.45, 7) is 3.45. The van der Waals surface area contributed by atoms with Gasteiger partial charge in [0.1, 0.15) is 23.6 Å². The second-order valence-corrected chi connectivity index (χ2v) is 8.40. The molecule has 0 spiro atoms. The largest absolute Gasteiger partial charge is 0.501 e. The molecule has 3 heterocycles. The van der Waals surface area contributed by atoms with E-state index >= 15 is 0 Å². The Morgan fingerprint density at radius 3 is 2.78 bits per heavy atom. The van der Waals surface area contributed by atoms with E-state index in [0.29, 0.717) is 5.56 Å². The Kier molecular flexibility index (Phi) is 6.81. The third-order valence-electron chi connectivity index (χ3n) is 5.50. The SMILES string of the molecule is CC1(C)OCCn2c1nc(C(=O)NCc1ccc(F)cc1-n1cnc(C(=O)NCCO)n1)c(O)c2=O. The van der Waals surface area contributed by atoms with Crippen LogP contribution in [0.1, 0.15) is 46.3 Å². The molecule has 0 bridgehead atoms. The van der Waals surface area contributed by atoms with Gasteiger partial charge in [0, 0.05) is 13.1 Å². The van der Waals surface area contributed by atoms with Gasteiger partial charge < -0.3 is 25.6 Å². The van der Waals surface area contributed by atoms with E-state index in [1.165, 1.54) is 27.7 Å². The summed E-state index contributed by atoms with van der Waals surface area (Å²) in [4.78, 5) is 45.6. The van der Waals surface area contributed by atoms with E-state index in [0.717, 1.165) is 6.07 Å². The molecule has 36 heavy (non-hydrogen) atoms. The number of aliphatic hydroxyl groups excluding tert-OH is 1. The number of amides is 2. The Morgan fingerprint density at radius 1 is 1.25 bits per heavy atom. The van der Waals surface area contributed by atoms with E-state index in [1.54, 1.807) is 13.8 Å². The van der Waals surface area contributed by atoms with E-state index < -0.39 is 40.2 Å². The van der Waals surface area contributed by atoms with Crippen molar-refractivity contribution in [1.82, 2.24) is 34.9 Å². The molecule has 2 aromatic heterocycles. The molecule has 4 rings (SSSR count). The summed E-state index contributed by atoms with van der Waals surface area (Å²) in [7, 11) is 0. The fraction of sp³-hybridized carbons (Fsp3) is 0.364. The van der Waals surface area contributed by atoms with Gasteiger partial charge in [0.25, 0.3) is 17.4 Å². The zero-order chi connectivity index (χ0) is 26.0. The lowest BCUT2D eigenvalue weighted by atomic mass is 10.1. The first-order valence-corrected chi connectivity index (χ1v) is 11.0. The highest BCUT2D eigenvalue weighted by molar-refractivity contribution is 5.94. The molecule has 0 atom stereocenters. The number of hydrogen-bond donors (Lipinski definition) is 4. The average Bonchev–Trinajstić information content (AvgIpc) is 3.34. The number of fused-ring (bicyclic) bond motifs is 1. The van der Waals surface area contributed by atoms with Crippen LogP contribution in [0, 0.1) is 5.82 Å². The van der Waals surface area contributed by atoms with Crippen molar-refractivity contribution in [1.29, 1.82) is 0 Å². The quantitative estimate of drug-likeness (QED) is 0.335. The van der Waals surface area contributed by atoms with Crippen molar-refractivity contribution in [2.24, 2.45) is 0 Å². The number of rotatable bonds is 7. The molecule has 0 fully saturated rings. The highest BCUT2D eigenvalue weighted by Crippen LogP contribution is 2.27. The van der Waals surface area contributed by atoms with Crippen molar-refractivity contribution >= 4 is 11.8 Å². The summed E-state index contributed by atoms with van der Waals surface area (Å²) in [5.41, 5.74) is -1.56. The maximum Gasteiger partial charge on any atom is 0.296 e. The molecule has 13 nitrogen and oxygen atoms in total. The monoisotopic (exact) mass is 501 g/mol. The predicted molar refractivity (Wildman–Crippen MR) is 121 cm³/mol. The molecule has 1 aliphatic heterocycles. The van der Waals surface area contributed by atoms with E-state index in [2.05, 4.69) is 25.7 Å². The summed E-state index contributed by atoms with van der Waals surface area (Å²) >= 11 is 0. The number of aromatic hydroxyl groups is 1. The molecule has 1 aliphatic rings. The molecule has 0 aliphatic carbocycles. The predicted octanol–water partition coefficient (Wildman–Crippen LogP) is -0.414. The molecule has 190 valence electrons. The van der Waals surface area contributed by atoms with Crippen LogP contribution in [-0.4, -0.2) is 66.1 Å². The summed E-state index contributed by atoms with van der Waals surface area (Å²) in [5, 5.41) is 28.2. The number of aromatic nitrogens is 5. The molecule has 4 N–H and O–H groups in total. The van der Waals surface area contributed by atoms with Crippen LogP contribution >= 0.6 is 0 Å². The van der Waals surface area contributed by atoms with E-state index in [4.69, 9.17) is 9.84 Å². The Morgan fingerprint density at radius 2 is 2.03 bits per heavy atom. The third kappa shape index (κ3) is 4.81. The molecule has 14 heteroatoms. The van der Waals surface area contributed by atoms with Crippen LogP contribution in [0.2, 0.25) is 0 Å². The Balaban J connectivity index is 1.59. The van der Waals surface area contributed by atoms with Crippen LogP contribution in [-0.2, 0) is 23.4 Å². The minimum Gasteiger partial charge on any atom is -0.501 e. The van der Waals surface area contributed by atoms with Gasteiger partial charge in [-0.1, -0.05) is 6.07 Å². The number of nitrogens with zero attached hydrogens (tertiary/aromatic N) is 5. The van der Waals surface area contributed by atoms with Crippen molar-refractivity contribution in [3.05, 3.63) is 63.6 Å². The van der Waals surface area contributed by atoms with Gasteiger partial charge in [-0.05, 0) is 31.5 Å². The van der Waals surface area contributed by atoms with Gasteiger partial charge in [-0.15, -0.1) is 5.10 Å². The Bertz CT molecular complexity index is 1380. The number of halogens is 1. The van der Waals surface area contributed by atoms with Crippen LogP contribution < -0.4 is 16.2 Å². The smallest absolute Gasteiger partial charge is 0.296 e. The number of ether oxygens (including phenoxy) is 1. The first kappa shape index (κ1) is 24.9. The van der Waals surface area contributed by atoms with Gasteiger partial charge in [0.2, 0.25) is 11.6 Å². The second-order valence-electron chi connectivity index (χ2n) is 8.40. The highest BCUT2D eigenvalue weighted by Gasteiger charge is 2.34. The highest BCUT2D eigenvalue weighted by atomic mass is 19.1. The normalized spacial score (nSPS) is 14.2. The van der Waals surface area contributed by atoms with Crippen molar-refractivity contribution in [3.8, 4) is 11.4 Å². The molecule has 0 radical (unpaired) electrons. The summed E-state index contributed by atoms with van der Waals surface area (Å²) in [6, 6.07) is 3.73. The van der Waals surface area contributed by atoms with E-state index in [1.807, 2.05) is 0 Å². The molecule has 0 saturated heterocycles. The second kappa shape index (κ2) is 9.83. The maximum atomic E-state index is 14.0. The Hall–Kier alpha value is -4.17. The maximum absolute atomic E-state index is 14.0. The molecule has 2 amide bonds. The fourth-order valence-corrected chi connectivity index (χ4v) is 3.72. The van der Waals surface area contributed by atoms with Gasteiger partial charge in [0.05, 0.1) is 25.4 Å². The van der Waals surface area contributed by atoms with Gasteiger partial charge >= 0.3 is 0 Å². The number of benzene rings is 1. The van der Waals surface area contributed by atoms with Gasteiger partial charge in [0.15, 0.2) is 5.69 Å². The van der Waals surface area contributed by atoms with Gasteiger partial charge in [-0.2, -0.15) is 0 Å². The van der Waals surface area contributed by atoms with Crippen LogP contribution in [0.3, 0.4) is 0 Å². The zero-order valence-corrected chi connectivity index (χ0v) is 19.5. The number of aliphatic hydroxyl groups is 1. The van der Waals surface area contributed by atoms with Crippen molar-refractivity contribution in [2.75, 3.05) is 19.8 Å². The number of carbonyl (C=O) groups is 2. The van der Waals surface area contributed by atoms with E-state index in [-0.39, 0.29) is 50.2 Å². The standard InChI is InChI=1S/C22H24FN7O6/c1-22(2)21-27-15(16(32)20(35)29(21)6-8-36-22)18(33)25-10-12-3-4-13(23)9-14(12)30-11-26-17(28-30)19(34)24-5-7-31/h3-4,9,11,31-32H,5-8,10H2,1-2H3,(H,24,34)(H,25,33). The van der Waals surface area contributed by atoms with Crippen LogP contribution in [0.5, 0.6) is 5.75 Å².